The Morgan fingerprint density at radius 2 is 1.59 bits per heavy atom. The second-order valence-corrected chi connectivity index (χ2v) is 6.29. The topological polar surface area (TPSA) is 66.4 Å². The zero-order valence-corrected chi connectivity index (χ0v) is 14.3. The van der Waals surface area contributed by atoms with E-state index in [9.17, 15) is 14.7 Å². The summed E-state index contributed by atoms with van der Waals surface area (Å²) in [6.07, 6.45) is 9.17. The number of hydrogen-bond donors (Lipinski definition) is 0. The van der Waals surface area contributed by atoms with Crippen molar-refractivity contribution in [3.8, 4) is 0 Å². The Balaban J connectivity index is 3.56. The lowest BCUT2D eigenvalue weighted by Gasteiger charge is -2.29. The molecule has 0 aromatic heterocycles. The first kappa shape index (κ1) is 20.6. The standard InChI is InChI=1S/C17H31NO4/c1-4-11-17(21)22-15-10-14-18(2,3)13-9-7-5-6-8-12-16(19)20/h4,11H,5-10,12-15H2,1-3H3. The number of unbranched alkanes of at least 4 members (excludes halogenated alkanes) is 4. The van der Waals surface area contributed by atoms with Crippen LogP contribution in [0.25, 0.3) is 0 Å². The van der Waals surface area contributed by atoms with Gasteiger partial charge in [0.25, 0.3) is 0 Å². The number of aliphatic carboxylic acids is 1. The molecule has 0 amide bonds. The van der Waals surface area contributed by atoms with Gasteiger partial charge < -0.3 is 19.1 Å². The van der Waals surface area contributed by atoms with Crippen LogP contribution >= 0.6 is 0 Å². The van der Waals surface area contributed by atoms with Crippen molar-refractivity contribution < 1.29 is 23.9 Å². The molecule has 0 atom stereocenters. The maximum Gasteiger partial charge on any atom is 0.330 e. The quantitative estimate of drug-likeness (QED) is 0.224. The molecule has 0 aromatic carbocycles. The summed E-state index contributed by atoms with van der Waals surface area (Å²) in [5.41, 5.74) is 0. The average molecular weight is 313 g/mol. The van der Waals surface area contributed by atoms with Crippen molar-refractivity contribution in [1.29, 1.82) is 0 Å². The fourth-order valence-corrected chi connectivity index (χ4v) is 2.30. The molecule has 0 heterocycles. The van der Waals surface area contributed by atoms with E-state index in [0.29, 0.717) is 6.61 Å². The number of carboxylic acid groups (broad SMARTS) is 1. The van der Waals surface area contributed by atoms with Gasteiger partial charge in [-0.3, -0.25) is 0 Å². The first-order chi connectivity index (χ1) is 10.4. The van der Waals surface area contributed by atoms with Gasteiger partial charge in [-0.25, -0.2) is 4.79 Å². The SMILES string of the molecule is CC=CC(=O)OCCC[N+](C)(C)CCCCCCCC(=O)[O-]. The fraction of sp³-hybridized carbons (Fsp3) is 0.765. The molecule has 0 aromatic rings. The van der Waals surface area contributed by atoms with Gasteiger partial charge in [0.1, 0.15) is 0 Å². The molecule has 0 bridgehead atoms. The third-order valence-corrected chi connectivity index (χ3v) is 3.60. The molecule has 5 heteroatoms. The lowest BCUT2D eigenvalue weighted by atomic mass is 10.1. The summed E-state index contributed by atoms with van der Waals surface area (Å²) in [6.45, 7) is 4.32. The minimum Gasteiger partial charge on any atom is -0.550 e. The minimum absolute atomic E-state index is 0.174. The van der Waals surface area contributed by atoms with Crippen LogP contribution in [0.5, 0.6) is 0 Å². The van der Waals surface area contributed by atoms with Crippen molar-refractivity contribution in [3.63, 3.8) is 0 Å². The molecule has 128 valence electrons. The minimum atomic E-state index is -0.951. The van der Waals surface area contributed by atoms with Gasteiger partial charge in [-0.15, -0.1) is 0 Å². The number of nitrogens with zero attached hydrogens (tertiary/aromatic N) is 1. The Morgan fingerprint density at radius 3 is 2.23 bits per heavy atom. The van der Waals surface area contributed by atoms with Crippen molar-refractivity contribution in [2.45, 2.75) is 51.9 Å². The summed E-state index contributed by atoms with van der Waals surface area (Å²) in [5, 5.41) is 10.3. The molecule has 0 saturated heterocycles. The molecule has 0 radical (unpaired) electrons. The van der Waals surface area contributed by atoms with Gasteiger partial charge in [0.15, 0.2) is 0 Å². The first-order valence-electron chi connectivity index (χ1n) is 8.18. The lowest BCUT2D eigenvalue weighted by Crippen LogP contribution is -2.41. The number of esters is 1. The number of carbonyl (C=O) groups is 2. The fourth-order valence-electron chi connectivity index (χ4n) is 2.30. The second-order valence-electron chi connectivity index (χ2n) is 6.29. The van der Waals surface area contributed by atoms with Gasteiger partial charge >= 0.3 is 5.97 Å². The predicted molar refractivity (Wildman–Crippen MR) is 84.9 cm³/mol. The van der Waals surface area contributed by atoms with Crippen LogP contribution in [0.4, 0.5) is 0 Å². The number of carbonyl (C=O) groups excluding carboxylic acids is 2. The first-order valence-corrected chi connectivity index (χ1v) is 8.18. The lowest BCUT2D eigenvalue weighted by molar-refractivity contribution is -0.890. The smallest absolute Gasteiger partial charge is 0.330 e. The van der Waals surface area contributed by atoms with Gasteiger partial charge in [0.2, 0.25) is 0 Å². The summed E-state index contributed by atoms with van der Waals surface area (Å²) < 4.78 is 6.00. The Bertz CT molecular complexity index is 351. The van der Waals surface area contributed by atoms with E-state index in [4.69, 9.17) is 4.74 Å². The Kier molecular flexibility index (Phi) is 11.5. The number of ether oxygens (including phenoxy) is 1. The highest BCUT2D eigenvalue weighted by Crippen LogP contribution is 2.09. The molecular formula is C17H31NO4. The van der Waals surface area contributed by atoms with Crippen LogP contribution in [-0.4, -0.2) is 50.2 Å². The highest BCUT2D eigenvalue weighted by atomic mass is 16.5. The van der Waals surface area contributed by atoms with Gasteiger partial charge in [0.05, 0.1) is 33.8 Å². The molecular weight excluding hydrogens is 282 g/mol. The molecule has 0 spiro atoms. The zero-order chi connectivity index (χ0) is 16.8. The maximum atomic E-state index is 11.2. The zero-order valence-electron chi connectivity index (χ0n) is 14.3. The Hall–Kier alpha value is -1.36. The third kappa shape index (κ3) is 13.6. The highest BCUT2D eigenvalue weighted by Gasteiger charge is 2.14. The molecule has 5 nitrogen and oxygen atoms in total. The Morgan fingerprint density at radius 1 is 1.00 bits per heavy atom. The van der Waals surface area contributed by atoms with Gasteiger partial charge in [-0.2, -0.15) is 0 Å². The van der Waals surface area contributed by atoms with Crippen LogP contribution in [-0.2, 0) is 14.3 Å². The largest absolute Gasteiger partial charge is 0.550 e. The maximum absolute atomic E-state index is 11.2. The molecule has 0 rings (SSSR count). The molecule has 0 unspecified atom stereocenters. The van der Waals surface area contributed by atoms with Crippen LogP contribution in [0, 0.1) is 0 Å². The third-order valence-electron chi connectivity index (χ3n) is 3.60. The van der Waals surface area contributed by atoms with Crippen LogP contribution in [0.1, 0.15) is 51.9 Å². The molecule has 22 heavy (non-hydrogen) atoms. The molecule has 0 aliphatic heterocycles. The van der Waals surface area contributed by atoms with Crippen LogP contribution < -0.4 is 5.11 Å². The Labute approximate surface area is 134 Å². The summed E-state index contributed by atoms with van der Waals surface area (Å²) >= 11 is 0. The average Bonchev–Trinajstić information content (AvgIpc) is 2.42. The van der Waals surface area contributed by atoms with Crippen molar-refractivity contribution in [1.82, 2.24) is 0 Å². The number of carboxylic acids is 1. The van der Waals surface area contributed by atoms with Crippen molar-refractivity contribution in [2.75, 3.05) is 33.8 Å². The van der Waals surface area contributed by atoms with E-state index < -0.39 is 5.97 Å². The van der Waals surface area contributed by atoms with E-state index in [2.05, 4.69) is 14.1 Å². The van der Waals surface area contributed by atoms with Crippen molar-refractivity contribution in [3.05, 3.63) is 12.2 Å². The van der Waals surface area contributed by atoms with E-state index in [1.54, 1.807) is 13.0 Å². The molecule has 0 aliphatic carbocycles. The summed E-state index contributed by atoms with van der Waals surface area (Å²) in [7, 11) is 4.37. The van der Waals surface area contributed by atoms with Gasteiger partial charge in [-0.1, -0.05) is 18.9 Å². The van der Waals surface area contributed by atoms with Gasteiger partial charge in [0, 0.05) is 18.5 Å². The number of hydrogen-bond acceptors (Lipinski definition) is 4. The summed E-state index contributed by atoms with van der Waals surface area (Å²) in [6, 6.07) is 0. The van der Waals surface area contributed by atoms with Crippen LogP contribution in [0.15, 0.2) is 12.2 Å². The summed E-state index contributed by atoms with van der Waals surface area (Å²) in [4.78, 5) is 21.4. The predicted octanol–water partition coefficient (Wildman–Crippen LogP) is 1.66. The molecule has 0 saturated carbocycles. The van der Waals surface area contributed by atoms with Crippen LogP contribution in [0.2, 0.25) is 0 Å². The van der Waals surface area contributed by atoms with E-state index in [1.807, 2.05) is 0 Å². The number of rotatable bonds is 13. The summed E-state index contributed by atoms with van der Waals surface area (Å²) in [5.74, 6) is -1.22. The number of allylic oxidation sites excluding steroid dienone is 1. The van der Waals surface area contributed by atoms with E-state index in [-0.39, 0.29) is 12.4 Å². The highest BCUT2D eigenvalue weighted by molar-refractivity contribution is 5.81. The molecule has 0 aliphatic rings. The second kappa shape index (κ2) is 12.2. The molecule has 0 fully saturated rings. The normalized spacial score (nSPS) is 11.8. The monoisotopic (exact) mass is 313 g/mol. The van der Waals surface area contributed by atoms with E-state index >= 15 is 0 Å². The van der Waals surface area contributed by atoms with Crippen LogP contribution in [0.3, 0.4) is 0 Å². The number of quaternary nitrogens is 1. The van der Waals surface area contributed by atoms with Gasteiger partial charge in [-0.05, 0) is 32.6 Å². The van der Waals surface area contributed by atoms with Crippen molar-refractivity contribution in [2.24, 2.45) is 0 Å². The van der Waals surface area contributed by atoms with E-state index in [0.717, 1.165) is 56.1 Å². The van der Waals surface area contributed by atoms with E-state index in [1.165, 1.54) is 6.08 Å². The van der Waals surface area contributed by atoms with Crippen molar-refractivity contribution >= 4 is 11.9 Å². The molecule has 0 N–H and O–H groups in total.